The molecule has 0 bridgehead atoms. The third kappa shape index (κ3) is 5.24. The van der Waals surface area contributed by atoms with Gasteiger partial charge in [-0.15, -0.1) is 23.5 Å². The van der Waals surface area contributed by atoms with Gasteiger partial charge in [-0.3, -0.25) is 4.79 Å². The number of carboxylic acids is 2. The van der Waals surface area contributed by atoms with Crippen molar-refractivity contribution in [2.24, 2.45) is 0 Å². The lowest BCUT2D eigenvalue weighted by molar-refractivity contribution is -0.155. The zero-order valence-electron chi connectivity index (χ0n) is 11.6. The molecule has 0 aromatic rings. The van der Waals surface area contributed by atoms with Gasteiger partial charge in [0.25, 0.3) is 0 Å². The third-order valence-electron chi connectivity index (χ3n) is 2.79. The van der Waals surface area contributed by atoms with Crippen LogP contribution in [0.3, 0.4) is 0 Å². The van der Waals surface area contributed by atoms with Gasteiger partial charge in [0.05, 0.1) is 0 Å². The maximum Gasteiger partial charge on any atom is 0.348 e. The average Bonchev–Trinajstić information content (AvgIpc) is 2.34. The molecule has 0 spiro atoms. The van der Waals surface area contributed by atoms with Crippen molar-refractivity contribution in [2.45, 2.75) is 61.2 Å². The molecule has 0 saturated heterocycles. The van der Waals surface area contributed by atoms with Crippen molar-refractivity contribution in [3.8, 4) is 0 Å². The second-order valence-electron chi connectivity index (χ2n) is 4.41. The number of hydrogen-bond acceptors (Lipinski definition) is 5. The standard InChI is InChI=1S/C12H22O5S2/c1-5-7(3)18-9(10(13)14)12(17,11(15)16)19-8(4)6-2/h7-9,17H,5-6H2,1-4H3,(H,13,14)(H,15,16). The van der Waals surface area contributed by atoms with Crippen molar-refractivity contribution in [1.82, 2.24) is 0 Å². The van der Waals surface area contributed by atoms with Crippen LogP contribution in [0.5, 0.6) is 0 Å². The quantitative estimate of drug-likeness (QED) is 0.562. The fraction of sp³-hybridized carbons (Fsp3) is 0.833. The summed E-state index contributed by atoms with van der Waals surface area (Å²) in [4.78, 5) is 20.3. The molecule has 19 heavy (non-hydrogen) atoms. The van der Waals surface area contributed by atoms with Crippen molar-refractivity contribution in [1.29, 1.82) is 0 Å². The number of hydrogen-bond donors (Lipinski definition) is 3. The lowest BCUT2D eigenvalue weighted by Gasteiger charge is -2.32. The zero-order chi connectivity index (χ0) is 15.2. The van der Waals surface area contributed by atoms with Crippen LogP contribution in [0.25, 0.3) is 0 Å². The molecule has 4 atom stereocenters. The van der Waals surface area contributed by atoms with E-state index in [0.29, 0.717) is 12.8 Å². The molecule has 0 aliphatic rings. The van der Waals surface area contributed by atoms with Crippen LogP contribution < -0.4 is 0 Å². The molecule has 0 aromatic carbocycles. The van der Waals surface area contributed by atoms with E-state index in [9.17, 15) is 24.9 Å². The summed E-state index contributed by atoms with van der Waals surface area (Å²) in [6.07, 6.45) is 1.36. The minimum atomic E-state index is -2.31. The Hall–Kier alpha value is -0.400. The Bertz CT molecular complexity index is 323. The molecule has 4 unspecified atom stereocenters. The maximum absolute atomic E-state index is 11.3. The summed E-state index contributed by atoms with van der Waals surface area (Å²) in [6, 6.07) is 0. The lowest BCUT2D eigenvalue weighted by Crippen LogP contribution is -2.50. The molecule has 112 valence electrons. The first kappa shape index (κ1) is 18.6. The van der Waals surface area contributed by atoms with Crippen LogP contribution in [0.1, 0.15) is 40.5 Å². The van der Waals surface area contributed by atoms with Crippen molar-refractivity contribution >= 4 is 35.5 Å². The van der Waals surface area contributed by atoms with E-state index in [4.69, 9.17) is 0 Å². The topological polar surface area (TPSA) is 94.8 Å². The fourth-order valence-electron chi connectivity index (χ4n) is 1.26. The number of carboxylic acid groups (broad SMARTS) is 2. The van der Waals surface area contributed by atoms with Gasteiger partial charge in [-0.2, -0.15) is 0 Å². The van der Waals surface area contributed by atoms with E-state index in [-0.39, 0.29) is 10.5 Å². The van der Waals surface area contributed by atoms with E-state index in [2.05, 4.69) is 0 Å². The molecular weight excluding hydrogens is 288 g/mol. The van der Waals surface area contributed by atoms with Gasteiger partial charge in [0.2, 0.25) is 4.93 Å². The van der Waals surface area contributed by atoms with Gasteiger partial charge in [0, 0.05) is 10.5 Å². The van der Waals surface area contributed by atoms with Gasteiger partial charge in [0.15, 0.2) is 5.25 Å². The van der Waals surface area contributed by atoms with Gasteiger partial charge in [-0.1, -0.05) is 27.7 Å². The van der Waals surface area contributed by atoms with E-state index < -0.39 is 22.1 Å². The molecule has 0 heterocycles. The Labute approximate surface area is 122 Å². The highest BCUT2D eigenvalue weighted by Gasteiger charge is 2.50. The Balaban J connectivity index is 5.27. The predicted molar refractivity (Wildman–Crippen MR) is 78.7 cm³/mol. The molecule has 0 rings (SSSR count). The average molecular weight is 310 g/mol. The largest absolute Gasteiger partial charge is 0.480 e. The third-order valence-corrected chi connectivity index (χ3v) is 6.05. The minimum absolute atomic E-state index is 0.0375. The Morgan fingerprint density at radius 1 is 1.11 bits per heavy atom. The normalized spacial score (nSPS) is 19.2. The van der Waals surface area contributed by atoms with E-state index in [1.807, 2.05) is 20.8 Å². The summed E-state index contributed by atoms with van der Waals surface area (Å²) >= 11 is 1.79. The molecule has 5 nitrogen and oxygen atoms in total. The molecule has 0 saturated carbocycles. The highest BCUT2D eigenvalue weighted by molar-refractivity contribution is 8.05. The summed E-state index contributed by atoms with van der Waals surface area (Å²) in [5.74, 6) is -2.80. The van der Waals surface area contributed by atoms with Crippen LogP contribution in [0.4, 0.5) is 0 Å². The van der Waals surface area contributed by atoms with Crippen molar-refractivity contribution < 1.29 is 24.9 Å². The van der Waals surface area contributed by atoms with E-state index in [0.717, 1.165) is 23.5 Å². The predicted octanol–water partition coefficient (Wildman–Crippen LogP) is 2.28. The molecule has 0 amide bonds. The number of carbonyl (C=O) groups is 2. The lowest BCUT2D eigenvalue weighted by atomic mass is 10.2. The molecule has 0 aliphatic carbocycles. The summed E-state index contributed by atoms with van der Waals surface area (Å²) in [7, 11) is 0. The van der Waals surface area contributed by atoms with Crippen molar-refractivity contribution in [2.75, 3.05) is 0 Å². The van der Waals surface area contributed by atoms with Crippen LogP contribution in [0.15, 0.2) is 0 Å². The van der Waals surface area contributed by atoms with E-state index in [1.165, 1.54) is 0 Å². The van der Waals surface area contributed by atoms with Gasteiger partial charge < -0.3 is 15.3 Å². The molecule has 7 heteroatoms. The van der Waals surface area contributed by atoms with Crippen LogP contribution in [-0.2, 0) is 9.59 Å². The summed E-state index contributed by atoms with van der Waals surface area (Å²) in [6.45, 7) is 7.33. The second-order valence-corrected chi connectivity index (χ2v) is 7.62. The monoisotopic (exact) mass is 310 g/mol. The Morgan fingerprint density at radius 2 is 1.58 bits per heavy atom. The highest BCUT2D eigenvalue weighted by Crippen LogP contribution is 2.39. The minimum Gasteiger partial charge on any atom is -0.480 e. The molecule has 0 aromatic heterocycles. The summed E-state index contributed by atoms with van der Waals surface area (Å²) in [5.41, 5.74) is 0. The Morgan fingerprint density at radius 3 is 1.89 bits per heavy atom. The first-order valence-electron chi connectivity index (χ1n) is 6.20. The first-order valence-corrected chi connectivity index (χ1v) is 8.03. The number of aliphatic hydroxyl groups is 1. The summed E-state index contributed by atoms with van der Waals surface area (Å²) < 4.78 is 0. The summed E-state index contributed by atoms with van der Waals surface area (Å²) in [5, 5.41) is 27.2. The van der Waals surface area contributed by atoms with Gasteiger partial charge in [-0.25, -0.2) is 4.79 Å². The molecule has 0 aliphatic heterocycles. The molecule has 0 fully saturated rings. The van der Waals surface area contributed by atoms with Gasteiger partial charge in [-0.05, 0) is 12.8 Å². The zero-order valence-corrected chi connectivity index (χ0v) is 13.3. The van der Waals surface area contributed by atoms with Crippen LogP contribution in [-0.4, -0.2) is 47.9 Å². The van der Waals surface area contributed by atoms with E-state index >= 15 is 0 Å². The number of thioether (sulfide) groups is 2. The maximum atomic E-state index is 11.3. The SMILES string of the molecule is CCC(C)SC(C(=O)O)C(O)(SC(C)CC)C(=O)O. The smallest absolute Gasteiger partial charge is 0.348 e. The fourth-order valence-corrected chi connectivity index (χ4v) is 3.76. The van der Waals surface area contributed by atoms with Crippen LogP contribution in [0, 0.1) is 0 Å². The molecular formula is C12H22O5S2. The van der Waals surface area contributed by atoms with Crippen molar-refractivity contribution in [3.63, 3.8) is 0 Å². The second kappa shape index (κ2) is 8.01. The number of rotatable bonds is 9. The van der Waals surface area contributed by atoms with Gasteiger partial charge in [0.1, 0.15) is 0 Å². The van der Waals surface area contributed by atoms with E-state index in [1.54, 1.807) is 6.92 Å². The highest BCUT2D eigenvalue weighted by atomic mass is 32.2. The van der Waals surface area contributed by atoms with Gasteiger partial charge >= 0.3 is 11.9 Å². The Kier molecular flexibility index (Phi) is 7.85. The first-order chi connectivity index (χ1) is 8.68. The molecule has 3 N–H and O–H groups in total. The van der Waals surface area contributed by atoms with Crippen molar-refractivity contribution in [3.05, 3.63) is 0 Å². The molecule has 0 radical (unpaired) electrons. The van der Waals surface area contributed by atoms with Crippen LogP contribution >= 0.6 is 23.5 Å². The van der Waals surface area contributed by atoms with Crippen LogP contribution in [0.2, 0.25) is 0 Å². The number of aliphatic carboxylic acids is 2.